The van der Waals surface area contributed by atoms with Crippen molar-refractivity contribution in [2.45, 2.75) is 44.3 Å². The van der Waals surface area contributed by atoms with Crippen molar-refractivity contribution in [3.8, 4) is 12.1 Å². The summed E-state index contributed by atoms with van der Waals surface area (Å²) in [6.45, 7) is 2.08. The highest BCUT2D eigenvalue weighted by atomic mass is 35.5. The summed E-state index contributed by atoms with van der Waals surface area (Å²) >= 11 is 6.80. The van der Waals surface area contributed by atoms with E-state index in [1.54, 1.807) is 30.3 Å². The van der Waals surface area contributed by atoms with E-state index in [0.717, 1.165) is 24.8 Å². The van der Waals surface area contributed by atoms with Crippen LogP contribution in [0.15, 0.2) is 88.4 Å². The summed E-state index contributed by atoms with van der Waals surface area (Å²) in [6, 6.07) is 23.0. The van der Waals surface area contributed by atoms with Crippen LogP contribution in [0.25, 0.3) is 10.9 Å². The molecule has 8 nitrogen and oxygen atoms in total. The first kappa shape index (κ1) is 25.2. The molecule has 4 aromatic rings. The van der Waals surface area contributed by atoms with Gasteiger partial charge in [-0.2, -0.15) is 15.6 Å². The summed E-state index contributed by atoms with van der Waals surface area (Å²) in [5.74, 6) is 0.281. The van der Waals surface area contributed by atoms with Gasteiger partial charge >= 0.3 is 0 Å². The quantitative estimate of drug-likeness (QED) is 0.215. The number of aromatic nitrogens is 1. The van der Waals surface area contributed by atoms with Crippen molar-refractivity contribution in [1.29, 1.82) is 10.5 Å². The van der Waals surface area contributed by atoms with Crippen molar-refractivity contribution in [3.05, 3.63) is 100 Å². The predicted octanol–water partition coefficient (Wildman–Crippen LogP) is 7.95. The molecule has 1 aliphatic carbocycles. The third-order valence-corrected chi connectivity index (χ3v) is 7.75. The van der Waals surface area contributed by atoms with Crippen LogP contribution in [0.2, 0.25) is 5.02 Å². The number of halogens is 1. The molecule has 0 radical (unpaired) electrons. The molecule has 1 unspecified atom stereocenters. The van der Waals surface area contributed by atoms with Gasteiger partial charge in [-0.05, 0) is 65.8 Å². The predicted molar refractivity (Wildman–Crippen MR) is 161 cm³/mol. The lowest BCUT2D eigenvalue weighted by Crippen LogP contribution is -2.30. The number of fused-ring (bicyclic) bond motifs is 1. The maximum atomic E-state index is 10.0. The number of nitriles is 2. The van der Waals surface area contributed by atoms with Gasteiger partial charge in [0, 0.05) is 17.3 Å². The van der Waals surface area contributed by atoms with Crippen molar-refractivity contribution in [1.82, 2.24) is 4.98 Å². The lowest BCUT2D eigenvalue weighted by Gasteiger charge is -2.24. The summed E-state index contributed by atoms with van der Waals surface area (Å²) in [5, 5.41) is 40.2. The molecular weight excluding hydrogens is 532 g/mol. The average Bonchev–Trinajstić information content (AvgIpc) is 3.75. The third-order valence-electron chi connectivity index (χ3n) is 7.46. The normalized spacial score (nSPS) is 18.5. The van der Waals surface area contributed by atoms with E-state index < -0.39 is 6.02 Å². The molecule has 2 aliphatic rings. The van der Waals surface area contributed by atoms with Crippen LogP contribution in [0.1, 0.15) is 61.9 Å². The number of anilines is 2. The van der Waals surface area contributed by atoms with Crippen molar-refractivity contribution in [3.63, 3.8) is 0 Å². The summed E-state index contributed by atoms with van der Waals surface area (Å²) in [4.78, 5) is 4.50. The molecule has 41 heavy (non-hydrogen) atoms. The van der Waals surface area contributed by atoms with Gasteiger partial charge < -0.3 is 10.6 Å². The fourth-order valence-electron chi connectivity index (χ4n) is 5.20. The SMILES string of the molecule is [2H][C@](Nc1cc(Cl)c2ncc(C#N)c(N[C@H](CC)c3ccccc3)c2c1)(C1=NN=NC1C1CC1)c1cccc(C#N)c1. The number of hydrogen-bond acceptors (Lipinski definition) is 8. The number of nitrogens with zero attached hydrogens (tertiary/aromatic N) is 6. The van der Waals surface area contributed by atoms with E-state index in [9.17, 15) is 11.9 Å². The summed E-state index contributed by atoms with van der Waals surface area (Å²) in [5.41, 5.74) is 4.59. The minimum absolute atomic E-state index is 0.0568. The Morgan fingerprint density at radius 3 is 2.56 bits per heavy atom. The fourth-order valence-corrected chi connectivity index (χ4v) is 5.46. The van der Waals surface area contributed by atoms with Crippen LogP contribution >= 0.6 is 11.6 Å². The molecule has 0 bridgehead atoms. The van der Waals surface area contributed by atoms with Crippen molar-refractivity contribution >= 4 is 39.6 Å². The van der Waals surface area contributed by atoms with Gasteiger partial charge in [-0.3, -0.25) is 4.98 Å². The smallest absolute Gasteiger partial charge is 0.118 e. The zero-order chi connectivity index (χ0) is 29.3. The maximum absolute atomic E-state index is 10.0. The Bertz CT molecular complexity index is 1810. The number of nitrogens with one attached hydrogen (secondary N) is 2. The van der Waals surface area contributed by atoms with Crippen LogP contribution < -0.4 is 10.6 Å². The van der Waals surface area contributed by atoms with E-state index in [-0.39, 0.29) is 18.0 Å². The van der Waals surface area contributed by atoms with Crippen LogP contribution in [-0.4, -0.2) is 16.7 Å². The van der Waals surface area contributed by atoms with Crippen LogP contribution in [0.3, 0.4) is 0 Å². The maximum Gasteiger partial charge on any atom is 0.118 e. The van der Waals surface area contributed by atoms with Crippen LogP contribution in [0.4, 0.5) is 11.4 Å². The van der Waals surface area contributed by atoms with Gasteiger partial charge in [0.1, 0.15) is 12.1 Å². The van der Waals surface area contributed by atoms with Crippen molar-refractivity contribution < 1.29 is 1.37 Å². The second kappa shape index (κ2) is 11.4. The van der Waals surface area contributed by atoms with E-state index in [1.807, 2.05) is 24.3 Å². The van der Waals surface area contributed by atoms with Gasteiger partial charge in [-0.1, -0.05) is 61.0 Å². The van der Waals surface area contributed by atoms with E-state index in [2.05, 4.69) is 62.3 Å². The number of pyridine rings is 1. The van der Waals surface area contributed by atoms with Gasteiger partial charge in [0.25, 0.3) is 0 Å². The minimum atomic E-state index is -1.59. The molecule has 3 aromatic carbocycles. The summed E-state index contributed by atoms with van der Waals surface area (Å²) in [7, 11) is 0. The Labute approximate surface area is 244 Å². The van der Waals surface area contributed by atoms with Crippen LogP contribution in [-0.2, 0) is 0 Å². The van der Waals surface area contributed by atoms with Gasteiger partial charge in [0.05, 0.1) is 52.6 Å². The van der Waals surface area contributed by atoms with E-state index in [4.69, 9.17) is 11.6 Å². The second-order valence-electron chi connectivity index (χ2n) is 10.2. The van der Waals surface area contributed by atoms with Gasteiger partial charge in [-0.25, -0.2) is 0 Å². The molecule has 0 amide bonds. The number of rotatable bonds is 9. The summed E-state index contributed by atoms with van der Waals surface area (Å²) in [6.07, 6.45) is 4.30. The second-order valence-corrected chi connectivity index (χ2v) is 10.6. The molecule has 6 rings (SSSR count). The van der Waals surface area contributed by atoms with Crippen molar-refractivity contribution in [2.24, 2.45) is 21.4 Å². The number of benzene rings is 3. The molecule has 1 aliphatic heterocycles. The Hall–Kier alpha value is -4.79. The van der Waals surface area contributed by atoms with E-state index >= 15 is 0 Å². The molecule has 0 saturated heterocycles. The molecule has 202 valence electrons. The van der Waals surface area contributed by atoms with Gasteiger partial charge in [-0.15, -0.1) is 5.10 Å². The standard InChI is InChI=1S/C32H27ClN8/c1-2-27(20-8-4-3-5-9-20)38-28-23(17-35)18-36-31-25(28)14-24(15-26(31)33)37-29(22-10-6-7-19(13-22)16-34)32-30(21-11-12-21)39-41-40-32/h3-10,13-15,18,21,27,29-30,37H,2,11-12H2,1H3,(H,36,38)/t27-,29-,30?/m1/s1/i29D. The Morgan fingerprint density at radius 2 is 1.83 bits per heavy atom. The highest BCUT2D eigenvalue weighted by Gasteiger charge is 2.40. The molecule has 2 N–H and O–H groups in total. The van der Waals surface area contributed by atoms with Gasteiger partial charge in [0.2, 0.25) is 0 Å². The number of hydrogen-bond donors (Lipinski definition) is 2. The zero-order valence-electron chi connectivity index (χ0n) is 23.3. The average molecular weight is 560 g/mol. The Balaban J connectivity index is 1.47. The first-order chi connectivity index (χ1) is 20.4. The summed E-state index contributed by atoms with van der Waals surface area (Å²) < 4.78 is 9.79. The van der Waals surface area contributed by atoms with Crippen LogP contribution in [0.5, 0.6) is 0 Å². The minimum Gasteiger partial charge on any atom is -0.377 e. The Kier molecular flexibility index (Phi) is 6.99. The van der Waals surface area contributed by atoms with Crippen molar-refractivity contribution in [2.75, 3.05) is 10.6 Å². The molecule has 1 aromatic heterocycles. The molecule has 3 atom stereocenters. The Morgan fingerprint density at radius 1 is 1.02 bits per heavy atom. The molecular formula is C32H27ClN8. The molecule has 9 heteroatoms. The first-order valence-corrected chi connectivity index (χ1v) is 13.9. The first-order valence-electron chi connectivity index (χ1n) is 14.1. The van der Waals surface area contributed by atoms with E-state index in [1.165, 1.54) is 6.20 Å². The fraction of sp³-hybridized carbons (Fsp3) is 0.250. The van der Waals surface area contributed by atoms with E-state index in [0.29, 0.717) is 49.7 Å². The zero-order valence-corrected chi connectivity index (χ0v) is 23.1. The third kappa shape index (κ3) is 5.35. The topological polar surface area (TPSA) is 122 Å². The largest absolute Gasteiger partial charge is 0.377 e. The highest BCUT2D eigenvalue weighted by Crippen LogP contribution is 2.41. The van der Waals surface area contributed by atoms with Gasteiger partial charge in [0.15, 0.2) is 0 Å². The molecule has 1 fully saturated rings. The monoisotopic (exact) mass is 559 g/mol. The molecule has 1 saturated carbocycles. The highest BCUT2D eigenvalue weighted by molar-refractivity contribution is 6.36. The lowest BCUT2D eigenvalue weighted by atomic mass is 9.93. The lowest BCUT2D eigenvalue weighted by molar-refractivity contribution is 0.714. The molecule has 2 heterocycles. The van der Waals surface area contributed by atoms with Crippen LogP contribution in [0, 0.1) is 28.6 Å². The molecule has 0 spiro atoms.